The molecule has 0 atom stereocenters. The Bertz CT molecular complexity index is 1310. The first-order valence-electron chi connectivity index (χ1n) is 10.9. The van der Waals surface area contributed by atoms with Crippen molar-refractivity contribution in [2.75, 3.05) is 36.2 Å². The van der Waals surface area contributed by atoms with Crippen molar-refractivity contribution >= 4 is 76.0 Å². The lowest BCUT2D eigenvalue weighted by atomic mass is 10.3. The van der Waals surface area contributed by atoms with Crippen LogP contribution < -0.4 is 10.6 Å². The molecule has 0 radical (unpaired) electrons. The summed E-state index contributed by atoms with van der Waals surface area (Å²) in [5.74, 6) is -0.797. The van der Waals surface area contributed by atoms with Gasteiger partial charge in [-0.15, -0.1) is 11.8 Å². The lowest BCUT2D eigenvalue weighted by Crippen LogP contribution is -2.14. The highest BCUT2D eigenvalue weighted by atomic mass is 32.2. The third-order valence-corrected chi connectivity index (χ3v) is 7.53. The zero-order valence-corrected chi connectivity index (χ0v) is 23.4. The Balaban J connectivity index is 0.00000103. The third kappa shape index (κ3) is 10.3. The Morgan fingerprint density at radius 3 is 1.75 bits per heavy atom. The lowest BCUT2D eigenvalue weighted by molar-refractivity contribution is -0.385. The minimum atomic E-state index is -0.540. The molecule has 0 unspecified atom stereocenters. The van der Waals surface area contributed by atoms with Gasteiger partial charge >= 0.3 is 0 Å². The predicted octanol–water partition coefficient (Wildman–Crippen LogP) is 4.00. The highest BCUT2D eigenvalue weighted by molar-refractivity contribution is 8.02. The van der Waals surface area contributed by atoms with Gasteiger partial charge in [-0.25, -0.2) is 0 Å². The molecule has 0 aliphatic heterocycles. The van der Waals surface area contributed by atoms with Crippen LogP contribution in [-0.2, 0) is 14.4 Å². The molecule has 3 aromatic rings. The van der Waals surface area contributed by atoms with E-state index < -0.39 is 9.85 Å². The molecule has 17 heteroatoms. The Morgan fingerprint density at radius 1 is 0.950 bits per heavy atom. The summed E-state index contributed by atoms with van der Waals surface area (Å²) in [5, 5.41) is 36.5. The topological polar surface area (TPSA) is 201 Å². The van der Waals surface area contributed by atoms with Crippen LogP contribution in [0.3, 0.4) is 0 Å². The van der Waals surface area contributed by atoms with Crippen molar-refractivity contribution in [1.82, 2.24) is 9.27 Å². The number of carbonyl (C=O) groups is 3. The summed E-state index contributed by atoms with van der Waals surface area (Å²) in [6.07, 6.45) is 0.750. The Kier molecular flexibility index (Phi) is 12.5. The van der Waals surface area contributed by atoms with Gasteiger partial charge in [-0.3, -0.25) is 34.6 Å². The number of non-ortho nitro benzene ring substituents is 2. The SMILES string of the molecule is CN(C)C=O.N#Cc1c(SCC(=O)Nc2ccc([N+](=O)[O-])cc2)nsc1SCC(=O)Nc1ccc([N+](=O)[O-])cc1. The highest BCUT2D eigenvalue weighted by Crippen LogP contribution is 2.34. The van der Waals surface area contributed by atoms with Gasteiger partial charge in [0.15, 0.2) is 0 Å². The maximum atomic E-state index is 12.2. The van der Waals surface area contributed by atoms with E-state index in [1.54, 1.807) is 14.1 Å². The van der Waals surface area contributed by atoms with E-state index in [2.05, 4.69) is 15.0 Å². The summed E-state index contributed by atoms with van der Waals surface area (Å²) in [6, 6.07) is 12.8. The van der Waals surface area contributed by atoms with Crippen LogP contribution in [0.4, 0.5) is 22.7 Å². The largest absolute Gasteiger partial charge is 0.351 e. The molecule has 14 nitrogen and oxygen atoms in total. The van der Waals surface area contributed by atoms with Crippen molar-refractivity contribution in [3.8, 4) is 6.07 Å². The first-order chi connectivity index (χ1) is 19.0. The van der Waals surface area contributed by atoms with Gasteiger partial charge in [-0.05, 0) is 35.8 Å². The predicted molar refractivity (Wildman–Crippen MR) is 151 cm³/mol. The molecule has 3 amide bonds. The molecular formula is C23H21N7O7S3. The summed E-state index contributed by atoms with van der Waals surface area (Å²) < 4.78 is 4.71. The molecule has 0 spiro atoms. The molecule has 0 fully saturated rings. The zero-order chi connectivity index (χ0) is 29.7. The molecule has 0 bridgehead atoms. The molecule has 2 aromatic carbocycles. The maximum Gasteiger partial charge on any atom is 0.269 e. The zero-order valence-electron chi connectivity index (χ0n) is 20.9. The van der Waals surface area contributed by atoms with E-state index in [1.807, 2.05) is 6.07 Å². The van der Waals surface area contributed by atoms with Crippen LogP contribution in [-0.4, -0.2) is 62.9 Å². The molecule has 208 valence electrons. The molecule has 0 aliphatic carbocycles. The molecule has 1 heterocycles. The van der Waals surface area contributed by atoms with Crippen molar-refractivity contribution in [3.63, 3.8) is 0 Å². The Labute approximate surface area is 240 Å². The second kappa shape index (κ2) is 15.8. The number of nitriles is 1. The van der Waals surface area contributed by atoms with Crippen LogP contribution in [0, 0.1) is 31.6 Å². The van der Waals surface area contributed by atoms with Crippen LogP contribution in [0.25, 0.3) is 0 Å². The molecule has 0 aliphatic rings. The average Bonchev–Trinajstić information content (AvgIpc) is 3.33. The maximum absolute atomic E-state index is 12.2. The van der Waals surface area contributed by atoms with E-state index in [0.29, 0.717) is 20.6 Å². The van der Waals surface area contributed by atoms with E-state index in [9.17, 15) is 39.9 Å². The number of amides is 3. The summed E-state index contributed by atoms with van der Waals surface area (Å²) in [5.41, 5.74) is 0.880. The van der Waals surface area contributed by atoms with Gasteiger partial charge in [-0.2, -0.15) is 9.64 Å². The second-order valence-corrected chi connectivity index (χ2v) is 10.6. The fourth-order valence-corrected chi connectivity index (χ4v) is 5.24. The minimum absolute atomic E-state index is 0.0153. The Hall–Kier alpha value is -4.53. The number of benzene rings is 2. The number of thioether (sulfide) groups is 2. The lowest BCUT2D eigenvalue weighted by Gasteiger charge is -2.05. The monoisotopic (exact) mass is 603 g/mol. The third-order valence-electron chi connectivity index (χ3n) is 4.35. The van der Waals surface area contributed by atoms with E-state index >= 15 is 0 Å². The molecule has 2 N–H and O–H groups in total. The van der Waals surface area contributed by atoms with Gasteiger partial charge in [-0.1, -0.05) is 11.8 Å². The standard InChI is InChI=1S/C20H14N6O6S3.C3H7NO/c21-9-16-19(33-10-17(27)22-12-1-5-14(6-2-12)25(29)30)24-35-20(16)34-11-18(28)23-13-3-7-15(8-4-13)26(31)32;1-4(2)3-5/h1-8H,10-11H2,(H,22,27)(H,23,28);3H,1-2H3. The first-order valence-corrected chi connectivity index (χ1v) is 13.6. The van der Waals surface area contributed by atoms with Crippen molar-refractivity contribution in [2.24, 2.45) is 0 Å². The molecule has 40 heavy (non-hydrogen) atoms. The van der Waals surface area contributed by atoms with Crippen LogP contribution in [0.15, 0.2) is 57.8 Å². The highest BCUT2D eigenvalue weighted by Gasteiger charge is 2.18. The normalized spacial score (nSPS) is 9.82. The number of aromatic nitrogens is 1. The number of nitrogens with zero attached hydrogens (tertiary/aromatic N) is 5. The number of hydrogen-bond acceptors (Lipinski definition) is 12. The number of carbonyl (C=O) groups excluding carboxylic acids is 3. The van der Waals surface area contributed by atoms with Crippen LogP contribution in [0.1, 0.15) is 5.56 Å². The smallest absolute Gasteiger partial charge is 0.269 e. The van der Waals surface area contributed by atoms with Gasteiger partial charge in [0.25, 0.3) is 11.4 Å². The number of rotatable bonds is 11. The van der Waals surface area contributed by atoms with Crippen molar-refractivity contribution in [3.05, 3.63) is 74.3 Å². The summed E-state index contributed by atoms with van der Waals surface area (Å²) >= 11 is 3.20. The van der Waals surface area contributed by atoms with Gasteiger partial charge in [0.1, 0.15) is 20.9 Å². The van der Waals surface area contributed by atoms with Crippen molar-refractivity contribution in [1.29, 1.82) is 5.26 Å². The summed E-state index contributed by atoms with van der Waals surface area (Å²) in [6.45, 7) is 0. The van der Waals surface area contributed by atoms with Gasteiger partial charge in [0.2, 0.25) is 18.2 Å². The molecule has 0 saturated carbocycles. The quantitative estimate of drug-likeness (QED) is 0.139. The number of anilines is 2. The van der Waals surface area contributed by atoms with E-state index in [0.717, 1.165) is 41.5 Å². The minimum Gasteiger partial charge on any atom is -0.351 e. The van der Waals surface area contributed by atoms with Crippen LogP contribution in [0.2, 0.25) is 0 Å². The molecule has 3 rings (SSSR count). The summed E-state index contributed by atoms with van der Waals surface area (Å²) in [4.78, 5) is 55.6. The van der Waals surface area contributed by atoms with Gasteiger partial charge in [0, 0.05) is 49.7 Å². The number of nitro groups is 2. The fourth-order valence-electron chi connectivity index (χ4n) is 2.54. The van der Waals surface area contributed by atoms with E-state index in [-0.39, 0.29) is 40.3 Å². The van der Waals surface area contributed by atoms with Crippen LogP contribution >= 0.6 is 35.1 Å². The number of nitrogens with one attached hydrogen (secondary N) is 2. The van der Waals surface area contributed by atoms with Gasteiger partial charge < -0.3 is 15.5 Å². The number of nitro benzene ring substituents is 2. The number of hydrogen-bond donors (Lipinski definition) is 2. The van der Waals surface area contributed by atoms with E-state index in [1.165, 1.54) is 53.4 Å². The van der Waals surface area contributed by atoms with Crippen LogP contribution in [0.5, 0.6) is 0 Å². The molecule has 1 aromatic heterocycles. The molecule has 0 saturated heterocycles. The van der Waals surface area contributed by atoms with E-state index in [4.69, 9.17) is 0 Å². The second-order valence-electron chi connectivity index (χ2n) is 7.61. The average molecular weight is 604 g/mol. The molecular weight excluding hydrogens is 582 g/mol. The van der Waals surface area contributed by atoms with Crippen molar-refractivity contribution < 1.29 is 24.2 Å². The Morgan fingerprint density at radius 2 is 1.38 bits per heavy atom. The first kappa shape index (κ1) is 31.7. The fraction of sp³-hybridized carbons (Fsp3) is 0.174. The van der Waals surface area contributed by atoms with Gasteiger partial charge in [0.05, 0.1) is 21.4 Å². The van der Waals surface area contributed by atoms with Crippen molar-refractivity contribution in [2.45, 2.75) is 9.24 Å². The summed E-state index contributed by atoms with van der Waals surface area (Å²) in [7, 11) is 3.38.